The SMILES string of the molecule is C[Si]1(C)c2ccccc2-c2c(-n3c4ccccc4c4ccccc43)nc(-c3ccccc3)nc21. The molecule has 0 unspecified atom stereocenters. The van der Waals surface area contributed by atoms with E-state index in [1.54, 1.807) is 0 Å². The van der Waals surface area contributed by atoms with Crippen LogP contribution in [0.25, 0.3) is 50.1 Å². The largest absolute Gasteiger partial charge is 0.293 e. The lowest BCUT2D eigenvalue weighted by Crippen LogP contribution is -2.51. The molecule has 1 aliphatic rings. The molecule has 3 nitrogen and oxygen atoms in total. The van der Waals surface area contributed by atoms with Gasteiger partial charge in [0.25, 0.3) is 0 Å². The van der Waals surface area contributed by atoms with Gasteiger partial charge in [-0.15, -0.1) is 0 Å². The second-order valence-electron chi connectivity index (χ2n) is 9.50. The van der Waals surface area contributed by atoms with Gasteiger partial charge in [0.1, 0.15) is 13.9 Å². The highest BCUT2D eigenvalue weighted by molar-refractivity contribution is 7.03. The van der Waals surface area contributed by atoms with Gasteiger partial charge in [0.15, 0.2) is 5.82 Å². The van der Waals surface area contributed by atoms with E-state index in [0.717, 1.165) is 17.2 Å². The van der Waals surface area contributed by atoms with Crippen molar-refractivity contribution in [2.75, 3.05) is 0 Å². The molecule has 7 rings (SSSR count). The van der Waals surface area contributed by atoms with Gasteiger partial charge in [-0.2, -0.15) is 0 Å². The molecule has 2 aromatic heterocycles. The number of hydrogen-bond acceptors (Lipinski definition) is 2. The Labute approximate surface area is 199 Å². The molecule has 0 bridgehead atoms. The predicted molar refractivity (Wildman–Crippen MR) is 144 cm³/mol. The van der Waals surface area contributed by atoms with Crippen LogP contribution in [0.1, 0.15) is 0 Å². The number of rotatable bonds is 2. The molecule has 0 amide bonds. The van der Waals surface area contributed by atoms with E-state index < -0.39 is 8.07 Å². The summed E-state index contributed by atoms with van der Waals surface area (Å²) in [7, 11) is -1.99. The molecule has 0 radical (unpaired) electrons. The molecule has 4 aromatic carbocycles. The van der Waals surface area contributed by atoms with Crippen LogP contribution in [0.15, 0.2) is 103 Å². The first kappa shape index (κ1) is 19.4. The Bertz CT molecular complexity index is 1680. The van der Waals surface area contributed by atoms with Gasteiger partial charge in [0.2, 0.25) is 0 Å². The summed E-state index contributed by atoms with van der Waals surface area (Å²) >= 11 is 0. The lowest BCUT2D eigenvalue weighted by atomic mass is 10.1. The molecule has 0 saturated heterocycles. The van der Waals surface area contributed by atoms with Crippen molar-refractivity contribution in [1.29, 1.82) is 0 Å². The molecule has 0 saturated carbocycles. The first-order chi connectivity index (χ1) is 16.6. The second-order valence-corrected chi connectivity index (χ2v) is 13.8. The van der Waals surface area contributed by atoms with Crippen LogP contribution >= 0.6 is 0 Å². The van der Waals surface area contributed by atoms with Crippen molar-refractivity contribution in [2.45, 2.75) is 13.1 Å². The van der Waals surface area contributed by atoms with Gasteiger partial charge in [0.05, 0.1) is 11.0 Å². The van der Waals surface area contributed by atoms with Crippen molar-refractivity contribution in [1.82, 2.24) is 14.5 Å². The Morgan fingerprint density at radius 3 is 1.91 bits per heavy atom. The van der Waals surface area contributed by atoms with Crippen LogP contribution in [0, 0.1) is 0 Å². The van der Waals surface area contributed by atoms with Crippen molar-refractivity contribution in [3.63, 3.8) is 0 Å². The van der Waals surface area contributed by atoms with E-state index in [1.807, 2.05) is 6.07 Å². The molecule has 162 valence electrons. The summed E-state index contributed by atoms with van der Waals surface area (Å²) in [4.78, 5) is 10.6. The highest BCUT2D eigenvalue weighted by atomic mass is 28.3. The Kier molecular flexibility index (Phi) is 4.00. The minimum Gasteiger partial charge on any atom is -0.293 e. The van der Waals surface area contributed by atoms with E-state index >= 15 is 0 Å². The van der Waals surface area contributed by atoms with Crippen LogP contribution < -0.4 is 10.5 Å². The molecule has 0 spiro atoms. The minimum absolute atomic E-state index is 0.796. The first-order valence-electron chi connectivity index (χ1n) is 11.7. The van der Waals surface area contributed by atoms with Crippen LogP contribution in [-0.2, 0) is 0 Å². The summed E-state index contributed by atoms with van der Waals surface area (Å²) in [6.45, 7) is 4.82. The third-order valence-electron chi connectivity index (χ3n) is 7.18. The van der Waals surface area contributed by atoms with Crippen LogP contribution in [0.2, 0.25) is 13.1 Å². The summed E-state index contributed by atoms with van der Waals surface area (Å²) in [5.74, 6) is 1.77. The maximum atomic E-state index is 5.30. The fraction of sp³-hybridized carbons (Fsp3) is 0.0667. The topological polar surface area (TPSA) is 30.7 Å². The number of benzene rings is 4. The van der Waals surface area contributed by atoms with E-state index in [9.17, 15) is 0 Å². The van der Waals surface area contributed by atoms with E-state index in [-0.39, 0.29) is 0 Å². The molecule has 1 aliphatic heterocycles. The number of hydrogen-bond donors (Lipinski definition) is 0. The van der Waals surface area contributed by atoms with Crippen LogP contribution in [0.5, 0.6) is 0 Å². The van der Waals surface area contributed by atoms with E-state index in [2.05, 4.69) is 115 Å². The predicted octanol–water partition coefficient (Wildman–Crippen LogP) is 6.04. The highest BCUT2D eigenvalue weighted by Gasteiger charge is 2.41. The van der Waals surface area contributed by atoms with Crippen molar-refractivity contribution >= 4 is 40.4 Å². The first-order valence-corrected chi connectivity index (χ1v) is 14.7. The van der Waals surface area contributed by atoms with E-state index in [4.69, 9.17) is 9.97 Å². The average molecular weight is 454 g/mol. The second kappa shape index (κ2) is 6.99. The maximum Gasteiger partial charge on any atom is 0.161 e. The highest BCUT2D eigenvalue weighted by Crippen LogP contribution is 2.38. The molecule has 0 N–H and O–H groups in total. The summed E-state index contributed by atoms with van der Waals surface area (Å²) in [6, 6.07) is 36.5. The number of para-hydroxylation sites is 2. The third-order valence-corrected chi connectivity index (χ3v) is 10.5. The third kappa shape index (κ3) is 2.57. The van der Waals surface area contributed by atoms with Crippen molar-refractivity contribution in [3.05, 3.63) is 103 Å². The van der Waals surface area contributed by atoms with Crippen LogP contribution in [0.3, 0.4) is 0 Å². The molecular formula is C30H23N3Si. The number of aromatic nitrogens is 3. The zero-order chi connectivity index (χ0) is 22.9. The summed E-state index contributed by atoms with van der Waals surface area (Å²) in [6.07, 6.45) is 0. The molecule has 0 atom stereocenters. The molecule has 4 heteroatoms. The van der Waals surface area contributed by atoms with E-state index in [0.29, 0.717) is 0 Å². The van der Waals surface area contributed by atoms with Crippen molar-refractivity contribution in [2.24, 2.45) is 0 Å². The standard InChI is InChI=1S/C30H23N3Si/c1-34(2)26-19-11-8-16-23(26)27-29(31-28(32-30(27)34)20-12-4-3-5-13-20)33-24-17-9-6-14-21(24)22-15-7-10-18-25(22)33/h3-19H,1-2H3. The quantitative estimate of drug-likeness (QED) is 0.299. The molecule has 0 aliphatic carbocycles. The Hall–Kier alpha value is -4.02. The molecule has 3 heterocycles. The van der Waals surface area contributed by atoms with Gasteiger partial charge < -0.3 is 0 Å². The normalized spacial score (nSPS) is 13.8. The minimum atomic E-state index is -1.99. The van der Waals surface area contributed by atoms with Crippen molar-refractivity contribution < 1.29 is 0 Å². The Morgan fingerprint density at radius 1 is 0.618 bits per heavy atom. The van der Waals surface area contributed by atoms with Gasteiger partial charge in [-0.3, -0.25) is 4.57 Å². The van der Waals surface area contributed by atoms with Gasteiger partial charge in [-0.25, -0.2) is 9.97 Å². The zero-order valence-electron chi connectivity index (χ0n) is 19.2. The Morgan fingerprint density at radius 2 is 1.21 bits per heavy atom. The summed E-state index contributed by atoms with van der Waals surface area (Å²) in [5.41, 5.74) is 5.87. The fourth-order valence-corrected chi connectivity index (χ4v) is 8.46. The number of fused-ring (bicyclic) bond motifs is 6. The van der Waals surface area contributed by atoms with Gasteiger partial charge in [-0.1, -0.05) is 104 Å². The van der Waals surface area contributed by atoms with Gasteiger partial charge in [0, 0.05) is 27.2 Å². The lowest BCUT2D eigenvalue weighted by molar-refractivity contribution is 1.06. The molecule has 6 aromatic rings. The molecular weight excluding hydrogens is 430 g/mol. The number of nitrogens with zero attached hydrogens (tertiary/aromatic N) is 3. The average Bonchev–Trinajstić information content (AvgIpc) is 3.34. The van der Waals surface area contributed by atoms with Crippen LogP contribution in [0.4, 0.5) is 0 Å². The summed E-state index contributed by atoms with van der Waals surface area (Å²) < 4.78 is 2.35. The molecule has 34 heavy (non-hydrogen) atoms. The fourth-order valence-electron chi connectivity index (χ4n) is 5.55. The van der Waals surface area contributed by atoms with Crippen LogP contribution in [-0.4, -0.2) is 22.6 Å². The summed E-state index contributed by atoms with van der Waals surface area (Å²) in [5, 5.41) is 5.15. The smallest absolute Gasteiger partial charge is 0.161 e. The van der Waals surface area contributed by atoms with E-state index in [1.165, 1.54) is 43.4 Å². The van der Waals surface area contributed by atoms with Crippen molar-refractivity contribution in [3.8, 4) is 28.3 Å². The zero-order valence-corrected chi connectivity index (χ0v) is 20.2. The monoisotopic (exact) mass is 453 g/mol. The molecule has 0 fully saturated rings. The van der Waals surface area contributed by atoms with Gasteiger partial charge >= 0.3 is 0 Å². The lowest BCUT2D eigenvalue weighted by Gasteiger charge is -2.19. The maximum absolute atomic E-state index is 5.30. The Balaban J connectivity index is 1.68. The van der Waals surface area contributed by atoms with Gasteiger partial charge in [-0.05, 0) is 22.9 Å².